The molecule has 5 heterocycles. The third kappa shape index (κ3) is 2.76. The van der Waals surface area contributed by atoms with Crippen LogP contribution in [0.5, 0.6) is 0 Å². The molecule has 0 saturated carbocycles. The number of rotatable bonds is 0. The number of hydrogen-bond acceptors (Lipinski definition) is 4. The van der Waals surface area contributed by atoms with E-state index in [1.54, 1.807) is 20.7 Å². The molecule has 7 rings (SSSR count). The van der Waals surface area contributed by atoms with Gasteiger partial charge in [0.05, 0.1) is 0 Å². The third-order valence-corrected chi connectivity index (χ3v) is 32.9. The number of ether oxygens (including phenoxy) is 1. The van der Waals surface area contributed by atoms with Crippen LogP contribution in [0.1, 0.15) is 34.5 Å². The average molecular weight is 585 g/mol. The molecular weight excluding hydrogens is 545 g/mol. The third-order valence-electron chi connectivity index (χ3n) is 9.40. The van der Waals surface area contributed by atoms with Gasteiger partial charge in [0.2, 0.25) is 49.9 Å². The molecule has 4 nitrogen and oxygen atoms in total. The summed E-state index contributed by atoms with van der Waals surface area (Å²) in [7, 11) is -12.1. The van der Waals surface area contributed by atoms with E-state index in [-0.39, 0.29) is 12.2 Å². The van der Waals surface area contributed by atoms with Gasteiger partial charge in [-0.3, -0.25) is 0 Å². The van der Waals surface area contributed by atoms with Gasteiger partial charge < -0.3 is 17.1 Å². The second-order valence-electron chi connectivity index (χ2n) is 14.6. The molecule has 192 valence electrons. The summed E-state index contributed by atoms with van der Waals surface area (Å²) in [6.45, 7) is 29.0. The molecule has 10 heteroatoms. The fourth-order valence-electron chi connectivity index (χ4n) is 8.83. The highest BCUT2D eigenvalue weighted by atomic mass is 28.4. The molecule has 2 aromatic rings. The van der Waals surface area contributed by atoms with Crippen molar-refractivity contribution in [2.45, 2.75) is 90.8 Å². The Balaban J connectivity index is 1.59. The van der Waals surface area contributed by atoms with Gasteiger partial charge in [-0.2, -0.15) is 0 Å². The van der Waals surface area contributed by atoms with E-state index in [1.165, 1.54) is 32.6 Å². The van der Waals surface area contributed by atoms with Crippen molar-refractivity contribution < 1.29 is 17.1 Å². The molecule has 0 N–H and O–H groups in total. The Morgan fingerprint density at radius 2 is 0.750 bits per heavy atom. The molecule has 5 aliphatic heterocycles. The Morgan fingerprint density at radius 1 is 0.444 bits per heavy atom. The SMILES string of the molecule is C[Si]1(C)O[Si](C)(C)c2cc3c(cc21)[C@H]1O[C@@H]3c2c1c1c(c3c2[Si](C)(C)O[Si]3(C)C)[Si](C)(C)O[Si]1(C)C. The van der Waals surface area contributed by atoms with Crippen molar-refractivity contribution in [1.29, 1.82) is 0 Å². The topological polar surface area (TPSA) is 36.9 Å². The van der Waals surface area contributed by atoms with Crippen LogP contribution in [0.15, 0.2) is 12.1 Å². The van der Waals surface area contributed by atoms with Crippen LogP contribution in [0.3, 0.4) is 0 Å². The van der Waals surface area contributed by atoms with Gasteiger partial charge >= 0.3 is 0 Å². The summed E-state index contributed by atoms with van der Waals surface area (Å²) in [5, 5.41) is 9.45. The Labute approximate surface area is 222 Å². The van der Waals surface area contributed by atoms with Crippen LogP contribution in [0.4, 0.5) is 0 Å². The maximum atomic E-state index is 7.15. The molecule has 0 saturated heterocycles. The summed E-state index contributed by atoms with van der Waals surface area (Å²) in [5.74, 6) is 0. The molecule has 36 heavy (non-hydrogen) atoms. The van der Waals surface area contributed by atoms with Gasteiger partial charge in [-0.1, -0.05) is 12.1 Å². The predicted octanol–water partition coefficient (Wildman–Crippen LogP) is 2.77. The quantitative estimate of drug-likeness (QED) is 0.447. The highest BCUT2D eigenvalue weighted by Gasteiger charge is 2.62. The molecular formula is C26H40O4Si6. The van der Waals surface area contributed by atoms with E-state index in [0.29, 0.717) is 0 Å². The minimum atomic E-state index is -2.08. The van der Waals surface area contributed by atoms with Gasteiger partial charge in [-0.25, -0.2) is 0 Å². The summed E-state index contributed by atoms with van der Waals surface area (Å²) in [6, 6.07) is 5.05. The summed E-state index contributed by atoms with van der Waals surface area (Å²) in [6.07, 6.45) is 0.0703. The number of fused-ring (bicyclic) bond motifs is 14. The zero-order chi connectivity index (χ0) is 26.2. The largest absolute Gasteiger partial charge is 0.449 e. The smallest absolute Gasteiger partial charge is 0.206 e. The van der Waals surface area contributed by atoms with Crippen molar-refractivity contribution in [2.24, 2.45) is 0 Å². The second kappa shape index (κ2) is 6.48. The van der Waals surface area contributed by atoms with Gasteiger partial charge in [-0.05, 0) is 132 Å². The fraction of sp³-hybridized carbons (Fsp3) is 0.538. The highest BCUT2D eigenvalue weighted by molar-refractivity contribution is 7.14. The number of benzene rings is 2. The lowest BCUT2D eigenvalue weighted by molar-refractivity contribution is 0.0863. The standard InChI is InChI=1S/C26H40O4Si6/c1-31(2)17-13-15-16(14-18(17)32(3,4)28-31)22-20-19(21(15)27-22)23-25(35(9,10)29-33(23,5)6)26-24(20)34(7,8)30-36(26,11)12/h13-14,21-22H,1-12H3/t21-,22+. The fourth-order valence-corrected chi connectivity index (χ4v) is 42.8. The van der Waals surface area contributed by atoms with E-state index >= 15 is 0 Å². The van der Waals surface area contributed by atoms with Crippen LogP contribution in [0.2, 0.25) is 78.6 Å². The van der Waals surface area contributed by atoms with E-state index in [9.17, 15) is 0 Å². The first-order valence-electron chi connectivity index (χ1n) is 13.5. The maximum absolute atomic E-state index is 7.15. The van der Waals surface area contributed by atoms with Crippen molar-refractivity contribution in [2.75, 3.05) is 0 Å². The molecule has 0 unspecified atom stereocenters. The number of hydrogen-bond donors (Lipinski definition) is 0. The molecule has 5 aliphatic rings. The Kier molecular flexibility index (Phi) is 4.43. The zero-order valence-electron chi connectivity index (χ0n) is 23.9. The van der Waals surface area contributed by atoms with E-state index < -0.39 is 49.9 Å². The van der Waals surface area contributed by atoms with E-state index in [2.05, 4.69) is 90.7 Å². The van der Waals surface area contributed by atoms with Crippen molar-refractivity contribution >= 4 is 81.0 Å². The second-order valence-corrected chi connectivity index (χ2v) is 38.3. The summed E-state index contributed by atoms with van der Waals surface area (Å²) in [5.41, 5.74) is 5.83. The lowest BCUT2D eigenvalue weighted by Crippen LogP contribution is -2.65. The van der Waals surface area contributed by atoms with Gasteiger partial charge in [0.25, 0.3) is 0 Å². The molecule has 2 aromatic carbocycles. The lowest BCUT2D eigenvalue weighted by atomic mass is 9.85. The maximum Gasteiger partial charge on any atom is 0.206 e. The van der Waals surface area contributed by atoms with Crippen LogP contribution < -0.4 is 31.1 Å². The Bertz CT molecular complexity index is 1320. The van der Waals surface area contributed by atoms with Gasteiger partial charge in [-0.15, -0.1) is 0 Å². The molecule has 0 radical (unpaired) electrons. The first-order valence-corrected chi connectivity index (χ1v) is 31.0. The van der Waals surface area contributed by atoms with Gasteiger partial charge in [0, 0.05) is 0 Å². The monoisotopic (exact) mass is 584 g/mol. The Morgan fingerprint density at radius 3 is 1.11 bits per heavy atom. The predicted molar refractivity (Wildman–Crippen MR) is 164 cm³/mol. The average Bonchev–Trinajstić information content (AvgIpc) is 3.38. The molecule has 2 bridgehead atoms. The van der Waals surface area contributed by atoms with Crippen molar-refractivity contribution in [3.8, 4) is 0 Å². The van der Waals surface area contributed by atoms with E-state index in [4.69, 9.17) is 17.1 Å². The molecule has 0 amide bonds. The molecule has 0 spiro atoms. The molecule has 0 aromatic heterocycles. The minimum absolute atomic E-state index is 0.0352. The van der Waals surface area contributed by atoms with Crippen LogP contribution in [0, 0.1) is 0 Å². The van der Waals surface area contributed by atoms with Crippen LogP contribution in [-0.4, -0.2) is 49.9 Å². The summed E-state index contributed by atoms with van der Waals surface area (Å²) in [4.78, 5) is 0. The van der Waals surface area contributed by atoms with E-state index in [0.717, 1.165) is 0 Å². The van der Waals surface area contributed by atoms with E-state index in [1.807, 2.05) is 0 Å². The Hall–Kier alpha value is -0.419. The van der Waals surface area contributed by atoms with Crippen molar-refractivity contribution in [3.63, 3.8) is 0 Å². The summed E-state index contributed by atoms with van der Waals surface area (Å²) < 4.78 is 28.2. The first kappa shape index (κ1) is 24.6. The lowest BCUT2D eigenvalue weighted by Gasteiger charge is -2.30. The van der Waals surface area contributed by atoms with Gasteiger partial charge in [0.1, 0.15) is 12.2 Å². The summed E-state index contributed by atoms with van der Waals surface area (Å²) >= 11 is 0. The molecule has 0 fully saturated rings. The van der Waals surface area contributed by atoms with Crippen molar-refractivity contribution in [1.82, 2.24) is 0 Å². The van der Waals surface area contributed by atoms with Crippen LogP contribution in [-0.2, 0) is 17.1 Å². The highest BCUT2D eigenvalue weighted by Crippen LogP contribution is 2.54. The first-order chi connectivity index (χ1) is 16.3. The molecule has 0 aliphatic carbocycles. The van der Waals surface area contributed by atoms with Crippen LogP contribution in [0.25, 0.3) is 0 Å². The molecule has 2 atom stereocenters. The minimum Gasteiger partial charge on any atom is -0.449 e. The van der Waals surface area contributed by atoms with Gasteiger partial charge in [0.15, 0.2) is 0 Å². The van der Waals surface area contributed by atoms with Crippen LogP contribution >= 0.6 is 0 Å². The normalized spacial score (nSPS) is 31.1. The van der Waals surface area contributed by atoms with Crippen molar-refractivity contribution in [3.05, 3.63) is 34.4 Å². The zero-order valence-corrected chi connectivity index (χ0v) is 29.9.